The lowest BCUT2D eigenvalue weighted by atomic mass is 10.1. The molecule has 0 radical (unpaired) electrons. The number of hydrogen-bond acceptors (Lipinski definition) is 2. The van der Waals surface area contributed by atoms with Crippen LogP contribution >= 0.6 is 11.6 Å². The Bertz CT molecular complexity index is 565. The standard InChI is InChI=1S/C11H11ClN4/c1-16-9-5-3-2-4-8(9)14-11(16)10-7(12)6-13-15-10/h2,4,6H,3,5H2,1H3,(H,13,15). The number of imidazole rings is 1. The van der Waals surface area contributed by atoms with Gasteiger partial charge in [-0.2, -0.15) is 5.10 Å². The monoisotopic (exact) mass is 234 g/mol. The molecule has 0 spiro atoms. The van der Waals surface area contributed by atoms with E-state index < -0.39 is 0 Å². The minimum Gasteiger partial charge on any atom is -0.329 e. The molecule has 3 rings (SSSR count). The van der Waals surface area contributed by atoms with Crippen molar-refractivity contribution in [2.24, 2.45) is 7.05 Å². The number of rotatable bonds is 1. The summed E-state index contributed by atoms with van der Waals surface area (Å²) in [6.07, 6.45) is 7.91. The van der Waals surface area contributed by atoms with Crippen molar-refractivity contribution in [2.45, 2.75) is 12.8 Å². The summed E-state index contributed by atoms with van der Waals surface area (Å²) in [5.41, 5.74) is 3.07. The lowest BCUT2D eigenvalue weighted by molar-refractivity contribution is 0.805. The van der Waals surface area contributed by atoms with Crippen LogP contribution in [0.4, 0.5) is 0 Å². The molecule has 2 aromatic rings. The van der Waals surface area contributed by atoms with Gasteiger partial charge in [0.25, 0.3) is 0 Å². The van der Waals surface area contributed by atoms with Crippen LogP contribution in [0.3, 0.4) is 0 Å². The molecule has 2 heterocycles. The predicted octanol–water partition coefficient (Wildman–Crippen LogP) is 2.42. The Hall–Kier alpha value is -1.55. The normalized spacial score (nSPS) is 14.1. The van der Waals surface area contributed by atoms with Gasteiger partial charge in [0.1, 0.15) is 5.69 Å². The third kappa shape index (κ3) is 1.30. The summed E-state index contributed by atoms with van der Waals surface area (Å²) in [7, 11) is 2.01. The molecule has 0 fully saturated rings. The summed E-state index contributed by atoms with van der Waals surface area (Å²) >= 11 is 6.04. The van der Waals surface area contributed by atoms with Gasteiger partial charge in [-0.25, -0.2) is 4.98 Å². The number of halogens is 1. The Balaban J connectivity index is 2.20. The molecule has 0 aliphatic heterocycles. The Labute approximate surface area is 98.0 Å². The van der Waals surface area contributed by atoms with E-state index >= 15 is 0 Å². The van der Waals surface area contributed by atoms with Crippen molar-refractivity contribution < 1.29 is 0 Å². The molecular weight excluding hydrogens is 224 g/mol. The summed E-state index contributed by atoms with van der Waals surface area (Å²) in [5.74, 6) is 0.846. The SMILES string of the molecule is Cn1c(-c2[nH]ncc2Cl)nc2c1CCC=C2. The van der Waals surface area contributed by atoms with Gasteiger partial charge in [0, 0.05) is 12.7 Å². The van der Waals surface area contributed by atoms with Gasteiger partial charge >= 0.3 is 0 Å². The highest BCUT2D eigenvalue weighted by atomic mass is 35.5. The zero-order chi connectivity index (χ0) is 11.1. The van der Waals surface area contributed by atoms with Crippen molar-refractivity contribution in [3.8, 4) is 11.5 Å². The molecular formula is C11H11ClN4. The molecule has 5 heteroatoms. The summed E-state index contributed by atoms with van der Waals surface area (Å²) in [4.78, 5) is 4.57. The van der Waals surface area contributed by atoms with E-state index in [0.29, 0.717) is 5.02 Å². The van der Waals surface area contributed by atoms with Gasteiger partial charge in [0.05, 0.1) is 16.9 Å². The Kier molecular flexibility index (Phi) is 2.11. The van der Waals surface area contributed by atoms with Crippen molar-refractivity contribution >= 4 is 17.7 Å². The second-order valence-corrected chi connectivity index (χ2v) is 4.27. The zero-order valence-corrected chi connectivity index (χ0v) is 9.62. The fourth-order valence-electron chi connectivity index (χ4n) is 2.05. The average molecular weight is 235 g/mol. The third-order valence-corrected chi connectivity index (χ3v) is 3.17. The summed E-state index contributed by atoms with van der Waals surface area (Å²) in [6.45, 7) is 0. The van der Waals surface area contributed by atoms with Crippen molar-refractivity contribution in [3.63, 3.8) is 0 Å². The second kappa shape index (κ2) is 3.49. The molecule has 0 aromatic carbocycles. The molecule has 1 aliphatic carbocycles. The number of aromatic amines is 1. The van der Waals surface area contributed by atoms with Gasteiger partial charge in [-0.1, -0.05) is 17.7 Å². The van der Waals surface area contributed by atoms with Gasteiger partial charge in [0.2, 0.25) is 0 Å². The molecule has 1 aliphatic rings. The van der Waals surface area contributed by atoms with Gasteiger partial charge in [-0.3, -0.25) is 5.10 Å². The number of nitrogens with one attached hydrogen (secondary N) is 1. The molecule has 0 atom stereocenters. The first-order valence-corrected chi connectivity index (χ1v) is 5.56. The molecule has 16 heavy (non-hydrogen) atoms. The molecule has 0 saturated carbocycles. The maximum atomic E-state index is 6.04. The number of nitrogens with zero attached hydrogens (tertiary/aromatic N) is 3. The van der Waals surface area contributed by atoms with Crippen LogP contribution in [0, 0.1) is 0 Å². The van der Waals surface area contributed by atoms with Gasteiger partial charge in [-0.05, 0) is 18.9 Å². The van der Waals surface area contributed by atoms with Crippen LogP contribution < -0.4 is 0 Å². The van der Waals surface area contributed by atoms with Crippen LogP contribution in [0.25, 0.3) is 17.6 Å². The van der Waals surface area contributed by atoms with E-state index in [1.807, 2.05) is 7.05 Å². The summed E-state index contributed by atoms with van der Waals surface area (Å²) < 4.78 is 2.08. The van der Waals surface area contributed by atoms with Crippen LogP contribution in [0.5, 0.6) is 0 Å². The minimum absolute atomic E-state index is 0.606. The topological polar surface area (TPSA) is 46.5 Å². The van der Waals surface area contributed by atoms with Gasteiger partial charge in [-0.15, -0.1) is 0 Å². The molecule has 2 aromatic heterocycles. The summed E-state index contributed by atoms with van der Waals surface area (Å²) in [5, 5.41) is 7.41. The van der Waals surface area contributed by atoms with Crippen molar-refractivity contribution in [1.82, 2.24) is 19.7 Å². The third-order valence-electron chi connectivity index (χ3n) is 2.88. The highest BCUT2D eigenvalue weighted by Gasteiger charge is 2.18. The number of hydrogen-bond donors (Lipinski definition) is 1. The number of allylic oxidation sites excluding steroid dienone is 1. The number of fused-ring (bicyclic) bond motifs is 1. The minimum atomic E-state index is 0.606. The lowest BCUT2D eigenvalue weighted by Gasteiger charge is -2.06. The molecule has 4 nitrogen and oxygen atoms in total. The van der Waals surface area contributed by atoms with E-state index in [1.54, 1.807) is 6.20 Å². The quantitative estimate of drug-likeness (QED) is 0.824. The van der Waals surface area contributed by atoms with Crippen molar-refractivity contribution in [1.29, 1.82) is 0 Å². The van der Waals surface area contributed by atoms with E-state index in [9.17, 15) is 0 Å². The van der Waals surface area contributed by atoms with E-state index in [1.165, 1.54) is 5.69 Å². The smallest absolute Gasteiger partial charge is 0.160 e. The van der Waals surface area contributed by atoms with Crippen LogP contribution in [0.15, 0.2) is 12.3 Å². The summed E-state index contributed by atoms with van der Waals surface area (Å²) in [6, 6.07) is 0. The maximum Gasteiger partial charge on any atom is 0.160 e. The molecule has 0 saturated heterocycles. The van der Waals surface area contributed by atoms with Crippen molar-refractivity contribution in [2.75, 3.05) is 0 Å². The van der Waals surface area contributed by atoms with Crippen molar-refractivity contribution in [3.05, 3.63) is 28.7 Å². The highest BCUT2D eigenvalue weighted by molar-refractivity contribution is 6.32. The van der Waals surface area contributed by atoms with Gasteiger partial charge < -0.3 is 4.57 Å². The van der Waals surface area contributed by atoms with E-state index in [2.05, 4.69) is 31.9 Å². The maximum absolute atomic E-state index is 6.04. The van der Waals surface area contributed by atoms with E-state index in [0.717, 1.165) is 30.1 Å². The first-order chi connectivity index (χ1) is 7.77. The van der Waals surface area contributed by atoms with E-state index in [4.69, 9.17) is 11.6 Å². The molecule has 82 valence electrons. The fourth-order valence-corrected chi connectivity index (χ4v) is 2.22. The van der Waals surface area contributed by atoms with Crippen LogP contribution in [-0.4, -0.2) is 19.7 Å². The number of H-pyrrole nitrogens is 1. The first-order valence-electron chi connectivity index (χ1n) is 5.18. The highest BCUT2D eigenvalue weighted by Crippen LogP contribution is 2.28. The molecule has 0 bridgehead atoms. The zero-order valence-electron chi connectivity index (χ0n) is 8.87. The van der Waals surface area contributed by atoms with E-state index in [-0.39, 0.29) is 0 Å². The Morgan fingerprint density at radius 1 is 1.50 bits per heavy atom. The van der Waals surface area contributed by atoms with Crippen LogP contribution in [0.1, 0.15) is 17.8 Å². The molecule has 0 amide bonds. The largest absolute Gasteiger partial charge is 0.329 e. The van der Waals surface area contributed by atoms with Crippen LogP contribution in [-0.2, 0) is 13.5 Å². The lowest BCUT2D eigenvalue weighted by Crippen LogP contribution is -2.01. The Morgan fingerprint density at radius 2 is 2.38 bits per heavy atom. The fraction of sp³-hybridized carbons (Fsp3) is 0.273. The van der Waals surface area contributed by atoms with Crippen LogP contribution in [0.2, 0.25) is 5.02 Å². The van der Waals surface area contributed by atoms with Gasteiger partial charge in [0.15, 0.2) is 5.82 Å². The number of aromatic nitrogens is 4. The second-order valence-electron chi connectivity index (χ2n) is 3.86. The predicted molar refractivity (Wildman–Crippen MR) is 63.2 cm³/mol. The first kappa shape index (κ1) is 9.66. The average Bonchev–Trinajstić information content (AvgIpc) is 2.84. The molecule has 1 N–H and O–H groups in total. The Morgan fingerprint density at radius 3 is 3.06 bits per heavy atom. The molecule has 0 unspecified atom stereocenters.